The van der Waals surface area contributed by atoms with Gasteiger partial charge in [0.1, 0.15) is 0 Å². The lowest BCUT2D eigenvalue weighted by Crippen LogP contribution is -2.46. The number of piperidine rings is 1. The normalized spacial score (nSPS) is 18.2. The van der Waals surface area contributed by atoms with E-state index < -0.39 is 0 Å². The third-order valence-corrected chi connectivity index (χ3v) is 4.49. The Morgan fingerprint density at radius 3 is 2.61 bits per heavy atom. The van der Waals surface area contributed by atoms with Crippen molar-refractivity contribution < 1.29 is 4.79 Å². The number of carbonyl (C=O) groups excluding carboxylic acids is 1. The lowest BCUT2D eigenvalue weighted by atomic mass is 10.0. The summed E-state index contributed by atoms with van der Waals surface area (Å²) in [7, 11) is 1.96. The first-order chi connectivity index (χ1) is 11.1. The first-order valence-electron chi connectivity index (χ1n) is 8.18. The third-order valence-electron chi connectivity index (χ3n) is 4.49. The number of hydrogen-bond acceptors (Lipinski definition) is 3. The third kappa shape index (κ3) is 3.29. The SMILES string of the molecule is CNC1CCCN(C(=O)c2ccc(-n3nc(C)cc3C)cc2)C1. The predicted molar refractivity (Wildman–Crippen MR) is 91.0 cm³/mol. The molecule has 3 rings (SSSR count). The van der Waals surface area contributed by atoms with Gasteiger partial charge in [-0.05, 0) is 64.1 Å². The van der Waals surface area contributed by atoms with Crippen LogP contribution in [0, 0.1) is 13.8 Å². The molecule has 5 nitrogen and oxygen atoms in total. The molecule has 1 N–H and O–H groups in total. The predicted octanol–water partition coefficient (Wildman–Crippen LogP) is 2.31. The average molecular weight is 312 g/mol. The highest BCUT2D eigenvalue weighted by molar-refractivity contribution is 5.94. The number of nitrogens with one attached hydrogen (secondary N) is 1. The van der Waals surface area contributed by atoms with Gasteiger partial charge in [-0.25, -0.2) is 4.68 Å². The fourth-order valence-electron chi connectivity index (χ4n) is 3.22. The van der Waals surface area contributed by atoms with Gasteiger partial charge < -0.3 is 10.2 Å². The molecule has 1 aliphatic heterocycles. The molecule has 122 valence electrons. The summed E-state index contributed by atoms with van der Waals surface area (Å²) >= 11 is 0. The Labute approximate surface area is 137 Å². The highest BCUT2D eigenvalue weighted by Gasteiger charge is 2.23. The Morgan fingerprint density at radius 1 is 1.26 bits per heavy atom. The van der Waals surface area contributed by atoms with Crippen molar-refractivity contribution in [2.45, 2.75) is 32.7 Å². The van der Waals surface area contributed by atoms with E-state index in [1.807, 2.05) is 60.8 Å². The quantitative estimate of drug-likeness (QED) is 0.946. The average Bonchev–Trinajstić information content (AvgIpc) is 2.93. The maximum absolute atomic E-state index is 12.7. The molecule has 2 heterocycles. The molecule has 0 bridgehead atoms. The Morgan fingerprint density at radius 2 is 2.00 bits per heavy atom. The van der Waals surface area contributed by atoms with Gasteiger partial charge in [-0.1, -0.05) is 0 Å². The molecule has 1 saturated heterocycles. The molecule has 1 aromatic carbocycles. The fraction of sp³-hybridized carbons (Fsp3) is 0.444. The van der Waals surface area contributed by atoms with Gasteiger partial charge >= 0.3 is 0 Å². The molecule has 0 aliphatic carbocycles. The topological polar surface area (TPSA) is 50.2 Å². The summed E-state index contributed by atoms with van der Waals surface area (Å²) in [5.41, 5.74) is 3.81. The van der Waals surface area contributed by atoms with Gasteiger partial charge in [0.2, 0.25) is 0 Å². The Hall–Kier alpha value is -2.14. The number of rotatable bonds is 3. The summed E-state index contributed by atoms with van der Waals surface area (Å²) in [6.45, 7) is 5.64. The number of aromatic nitrogens is 2. The van der Waals surface area contributed by atoms with Crippen molar-refractivity contribution >= 4 is 5.91 Å². The number of likely N-dealkylation sites (tertiary alicyclic amines) is 1. The second-order valence-electron chi connectivity index (χ2n) is 6.26. The lowest BCUT2D eigenvalue weighted by Gasteiger charge is -2.32. The van der Waals surface area contributed by atoms with Crippen LogP contribution in [0.2, 0.25) is 0 Å². The van der Waals surface area contributed by atoms with Crippen LogP contribution in [0.15, 0.2) is 30.3 Å². The van der Waals surface area contributed by atoms with Gasteiger partial charge in [-0.3, -0.25) is 4.79 Å². The minimum atomic E-state index is 0.116. The lowest BCUT2D eigenvalue weighted by molar-refractivity contribution is 0.0698. The molecule has 0 spiro atoms. The second-order valence-corrected chi connectivity index (χ2v) is 6.26. The minimum Gasteiger partial charge on any atom is -0.337 e. The number of hydrogen-bond donors (Lipinski definition) is 1. The summed E-state index contributed by atoms with van der Waals surface area (Å²) in [6, 6.07) is 10.2. The fourth-order valence-corrected chi connectivity index (χ4v) is 3.22. The molecule has 1 aromatic heterocycles. The number of likely N-dealkylation sites (N-methyl/N-ethyl adjacent to an activating group) is 1. The van der Waals surface area contributed by atoms with Crippen LogP contribution in [0.1, 0.15) is 34.6 Å². The highest BCUT2D eigenvalue weighted by atomic mass is 16.2. The Kier molecular flexibility index (Phi) is 4.48. The first kappa shape index (κ1) is 15.7. The van der Waals surface area contributed by atoms with Crippen molar-refractivity contribution in [2.75, 3.05) is 20.1 Å². The van der Waals surface area contributed by atoms with Crippen LogP contribution < -0.4 is 5.32 Å². The summed E-state index contributed by atoms with van der Waals surface area (Å²) in [5, 5.41) is 7.75. The van der Waals surface area contributed by atoms with E-state index in [0.29, 0.717) is 6.04 Å². The van der Waals surface area contributed by atoms with Gasteiger partial charge in [0.05, 0.1) is 11.4 Å². The molecule has 1 atom stereocenters. The van der Waals surface area contributed by atoms with E-state index in [1.165, 1.54) is 0 Å². The van der Waals surface area contributed by atoms with Crippen LogP contribution in [-0.2, 0) is 0 Å². The van der Waals surface area contributed by atoms with Crippen LogP contribution in [0.5, 0.6) is 0 Å². The molecule has 23 heavy (non-hydrogen) atoms. The van der Waals surface area contributed by atoms with E-state index in [4.69, 9.17) is 0 Å². The molecule has 1 aliphatic rings. The van der Waals surface area contributed by atoms with E-state index in [2.05, 4.69) is 10.4 Å². The smallest absolute Gasteiger partial charge is 0.253 e. The number of carbonyl (C=O) groups is 1. The number of aryl methyl sites for hydroxylation is 2. The molecule has 0 saturated carbocycles. The zero-order valence-electron chi connectivity index (χ0n) is 14.0. The second kappa shape index (κ2) is 6.54. The zero-order chi connectivity index (χ0) is 16.4. The summed E-state index contributed by atoms with van der Waals surface area (Å²) in [5.74, 6) is 0.116. The Balaban J connectivity index is 1.76. The molecule has 1 fully saturated rings. The molecule has 5 heteroatoms. The van der Waals surface area contributed by atoms with E-state index in [-0.39, 0.29) is 5.91 Å². The number of nitrogens with zero attached hydrogens (tertiary/aromatic N) is 3. The van der Waals surface area contributed by atoms with Crippen molar-refractivity contribution in [3.63, 3.8) is 0 Å². The molecule has 2 aromatic rings. The van der Waals surface area contributed by atoms with E-state index >= 15 is 0 Å². The first-order valence-corrected chi connectivity index (χ1v) is 8.18. The van der Waals surface area contributed by atoms with Gasteiger partial charge in [-0.2, -0.15) is 5.10 Å². The van der Waals surface area contributed by atoms with Gasteiger partial charge in [0.25, 0.3) is 5.91 Å². The van der Waals surface area contributed by atoms with Gasteiger partial charge in [0, 0.05) is 30.4 Å². The van der Waals surface area contributed by atoms with Crippen molar-refractivity contribution in [3.8, 4) is 5.69 Å². The van der Waals surface area contributed by atoms with Gasteiger partial charge in [-0.15, -0.1) is 0 Å². The minimum absolute atomic E-state index is 0.116. The van der Waals surface area contributed by atoms with Crippen LogP contribution in [0.3, 0.4) is 0 Å². The van der Waals surface area contributed by atoms with Crippen molar-refractivity contribution in [1.82, 2.24) is 20.0 Å². The van der Waals surface area contributed by atoms with E-state index in [0.717, 1.165) is 48.6 Å². The van der Waals surface area contributed by atoms with Crippen LogP contribution in [-0.4, -0.2) is 46.8 Å². The maximum atomic E-state index is 12.7. The molecular formula is C18H24N4O. The summed E-state index contributed by atoms with van der Waals surface area (Å²) < 4.78 is 1.90. The van der Waals surface area contributed by atoms with Crippen molar-refractivity contribution in [2.24, 2.45) is 0 Å². The summed E-state index contributed by atoms with van der Waals surface area (Å²) in [4.78, 5) is 14.6. The molecule has 0 radical (unpaired) electrons. The van der Waals surface area contributed by atoms with Crippen molar-refractivity contribution in [1.29, 1.82) is 0 Å². The number of benzene rings is 1. The van der Waals surface area contributed by atoms with Gasteiger partial charge in [0.15, 0.2) is 0 Å². The largest absolute Gasteiger partial charge is 0.337 e. The van der Waals surface area contributed by atoms with Crippen molar-refractivity contribution in [3.05, 3.63) is 47.3 Å². The van der Waals surface area contributed by atoms with E-state index in [9.17, 15) is 4.79 Å². The summed E-state index contributed by atoms with van der Waals surface area (Å²) in [6.07, 6.45) is 2.19. The molecular weight excluding hydrogens is 288 g/mol. The zero-order valence-corrected chi connectivity index (χ0v) is 14.0. The van der Waals surface area contributed by atoms with Crippen LogP contribution in [0.25, 0.3) is 5.69 Å². The molecule has 1 amide bonds. The highest BCUT2D eigenvalue weighted by Crippen LogP contribution is 2.17. The standard InChI is InChI=1S/C18H24N4O/c1-13-11-14(2)22(20-13)17-8-6-15(7-9-17)18(23)21-10-4-5-16(12-21)19-3/h6-9,11,16,19H,4-5,10,12H2,1-3H3. The van der Waals surface area contributed by atoms with Crippen LogP contribution >= 0.6 is 0 Å². The monoisotopic (exact) mass is 312 g/mol. The maximum Gasteiger partial charge on any atom is 0.253 e. The Bertz CT molecular complexity index is 690. The molecule has 1 unspecified atom stereocenters. The number of amides is 1. The van der Waals surface area contributed by atoms with Crippen LogP contribution in [0.4, 0.5) is 0 Å². The van der Waals surface area contributed by atoms with E-state index in [1.54, 1.807) is 0 Å².